The minimum absolute atomic E-state index is 1.06. The van der Waals surface area contributed by atoms with Crippen molar-refractivity contribution in [2.45, 2.75) is 9.79 Å². The van der Waals surface area contributed by atoms with Crippen molar-refractivity contribution in [3.8, 4) is 0 Å². The number of hydrogen-bond donors (Lipinski definition) is 2. The van der Waals surface area contributed by atoms with E-state index in [9.17, 15) is 0 Å². The Labute approximate surface area is 152 Å². The molecular formula is C20H20N2S2. The smallest absolute Gasteiger partial charge is 0.0623 e. The molecule has 0 aliphatic heterocycles. The molecule has 2 N–H and O–H groups in total. The number of benzene rings is 3. The van der Waals surface area contributed by atoms with Crippen molar-refractivity contribution in [3.63, 3.8) is 0 Å². The maximum absolute atomic E-state index is 3.56. The Morgan fingerprint density at radius 3 is 1.21 bits per heavy atom. The van der Waals surface area contributed by atoms with Gasteiger partial charge in [-0.2, -0.15) is 0 Å². The molecule has 0 aliphatic carbocycles. The summed E-state index contributed by atoms with van der Waals surface area (Å²) in [6.07, 6.45) is 4.19. The fourth-order valence-corrected chi connectivity index (χ4v) is 3.59. The Kier molecular flexibility index (Phi) is 5.72. The van der Waals surface area contributed by atoms with Crippen LogP contribution in [0, 0.1) is 0 Å². The average molecular weight is 353 g/mol. The van der Waals surface area contributed by atoms with Gasteiger partial charge in [-0.3, -0.25) is 0 Å². The van der Waals surface area contributed by atoms with Gasteiger partial charge < -0.3 is 10.6 Å². The maximum atomic E-state index is 3.56. The topological polar surface area (TPSA) is 24.1 Å². The molecule has 0 heterocycles. The summed E-state index contributed by atoms with van der Waals surface area (Å²) < 4.78 is 0. The molecular weight excluding hydrogens is 332 g/mol. The molecule has 0 spiro atoms. The lowest BCUT2D eigenvalue weighted by Gasteiger charge is -2.17. The summed E-state index contributed by atoms with van der Waals surface area (Å²) in [5.41, 5.74) is 4.37. The minimum Gasteiger partial charge on any atom is -0.353 e. The average Bonchev–Trinajstić information content (AvgIpc) is 2.64. The minimum atomic E-state index is 1.06. The Bertz CT molecular complexity index is 749. The Hall–Kier alpha value is -2.04. The van der Waals surface area contributed by atoms with Crippen molar-refractivity contribution in [1.82, 2.24) is 0 Å². The molecule has 2 nitrogen and oxygen atoms in total. The highest BCUT2D eigenvalue weighted by Gasteiger charge is 2.07. The van der Waals surface area contributed by atoms with Gasteiger partial charge in [0.25, 0.3) is 0 Å². The summed E-state index contributed by atoms with van der Waals surface area (Å²) in [6.45, 7) is 0. The highest BCUT2D eigenvalue weighted by atomic mass is 32.2. The fourth-order valence-electron chi connectivity index (χ4n) is 2.49. The second-order valence-corrected chi connectivity index (χ2v) is 6.89. The number of thioether (sulfide) groups is 2. The molecule has 3 rings (SSSR count). The van der Waals surface area contributed by atoms with Gasteiger partial charge in [-0.1, -0.05) is 36.4 Å². The maximum Gasteiger partial charge on any atom is 0.0623 e. The zero-order valence-electron chi connectivity index (χ0n) is 13.7. The van der Waals surface area contributed by atoms with Crippen LogP contribution in [0.25, 0.3) is 0 Å². The lowest BCUT2D eigenvalue weighted by Crippen LogP contribution is -1.99. The second kappa shape index (κ2) is 8.18. The highest BCUT2D eigenvalue weighted by molar-refractivity contribution is 7.99. The number of hydrogen-bond acceptors (Lipinski definition) is 4. The molecule has 0 amide bonds. The van der Waals surface area contributed by atoms with Gasteiger partial charge in [0.05, 0.1) is 22.7 Å². The second-order valence-electron chi connectivity index (χ2n) is 5.20. The summed E-state index contributed by atoms with van der Waals surface area (Å²) >= 11 is 3.49. The molecule has 24 heavy (non-hydrogen) atoms. The number of rotatable bonds is 6. The third kappa shape index (κ3) is 3.89. The molecule has 4 heteroatoms. The van der Waals surface area contributed by atoms with E-state index in [1.54, 1.807) is 23.5 Å². The molecule has 0 saturated heterocycles. The lowest BCUT2D eigenvalue weighted by molar-refractivity contribution is 1.39. The van der Waals surface area contributed by atoms with Crippen molar-refractivity contribution in [3.05, 3.63) is 72.8 Å². The summed E-state index contributed by atoms with van der Waals surface area (Å²) in [7, 11) is 0. The van der Waals surface area contributed by atoms with Crippen LogP contribution in [0.2, 0.25) is 0 Å². The molecule has 0 fully saturated rings. The monoisotopic (exact) mass is 352 g/mol. The first-order valence-corrected chi connectivity index (χ1v) is 10.2. The largest absolute Gasteiger partial charge is 0.353 e. The van der Waals surface area contributed by atoms with E-state index in [2.05, 4.69) is 95.9 Å². The zero-order chi connectivity index (χ0) is 16.8. The first-order chi connectivity index (χ1) is 11.8. The summed E-state index contributed by atoms with van der Waals surface area (Å²) in [5.74, 6) is 0. The van der Waals surface area contributed by atoms with Crippen LogP contribution in [0.3, 0.4) is 0 Å². The Morgan fingerprint density at radius 1 is 0.500 bits per heavy atom. The molecule has 122 valence electrons. The van der Waals surface area contributed by atoms with Crippen molar-refractivity contribution in [1.29, 1.82) is 0 Å². The number of anilines is 4. The fraction of sp³-hybridized carbons (Fsp3) is 0.100. The van der Waals surface area contributed by atoms with Crippen LogP contribution in [0.15, 0.2) is 82.6 Å². The van der Waals surface area contributed by atoms with Gasteiger partial charge >= 0.3 is 0 Å². The van der Waals surface area contributed by atoms with E-state index in [-0.39, 0.29) is 0 Å². The molecule has 0 radical (unpaired) electrons. The predicted octanol–water partition coefficient (Wildman–Crippen LogP) is 6.62. The van der Waals surface area contributed by atoms with Crippen LogP contribution in [-0.2, 0) is 0 Å². The van der Waals surface area contributed by atoms with Crippen LogP contribution < -0.4 is 10.6 Å². The zero-order valence-corrected chi connectivity index (χ0v) is 15.4. The molecule has 0 aromatic heterocycles. The first kappa shape index (κ1) is 16.8. The third-order valence-corrected chi connectivity index (χ3v) is 5.27. The normalized spacial score (nSPS) is 10.4. The van der Waals surface area contributed by atoms with Gasteiger partial charge in [-0.15, -0.1) is 23.5 Å². The highest BCUT2D eigenvalue weighted by Crippen LogP contribution is 2.34. The van der Waals surface area contributed by atoms with Crippen LogP contribution in [-0.4, -0.2) is 12.5 Å². The SMILES string of the molecule is CSc1ccccc1Nc1ccccc1Nc1ccccc1SC. The van der Waals surface area contributed by atoms with Gasteiger partial charge in [0.15, 0.2) is 0 Å². The standard InChI is InChI=1S/C20H20N2S2/c1-23-19-13-7-5-11-17(19)21-15-9-3-4-10-16(15)22-18-12-6-8-14-20(18)24-2/h3-14,21-22H,1-2H3. The Balaban J connectivity index is 1.91. The van der Waals surface area contributed by atoms with Crippen molar-refractivity contribution in [2.75, 3.05) is 23.1 Å². The number of nitrogens with one attached hydrogen (secondary N) is 2. The van der Waals surface area contributed by atoms with Crippen LogP contribution in [0.1, 0.15) is 0 Å². The van der Waals surface area contributed by atoms with Gasteiger partial charge in [-0.25, -0.2) is 0 Å². The molecule has 0 atom stereocenters. The summed E-state index contributed by atoms with van der Waals surface area (Å²) in [4.78, 5) is 2.47. The van der Waals surface area contributed by atoms with E-state index in [4.69, 9.17) is 0 Å². The van der Waals surface area contributed by atoms with E-state index < -0.39 is 0 Å². The van der Waals surface area contributed by atoms with E-state index in [1.807, 2.05) is 0 Å². The quantitative estimate of drug-likeness (QED) is 0.487. The summed E-state index contributed by atoms with van der Waals surface area (Å²) in [5, 5.41) is 7.12. The van der Waals surface area contributed by atoms with Crippen LogP contribution in [0.5, 0.6) is 0 Å². The molecule has 0 aliphatic rings. The van der Waals surface area contributed by atoms with E-state index in [0.717, 1.165) is 22.7 Å². The van der Waals surface area contributed by atoms with Gasteiger partial charge in [-0.05, 0) is 48.9 Å². The predicted molar refractivity (Wildman–Crippen MR) is 109 cm³/mol. The van der Waals surface area contributed by atoms with E-state index in [0.29, 0.717) is 0 Å². The third-order valence-electron chi connectivity index (χ3n) is 3.68. The summed E-state index contributed by atoms with van der Waals surface area (Å²) in [6, 6.07) is 25.0. The van der Waals surface area contributed by atoms with Crippen molar-refractivity contribution >= 4 is 46.3 Å². The molecule has 0 unspecified atom stereocenters. The van der Waals surface area contributed by atoms with E-state index >= 15 is 0 Å². The lowest BCUT2D eigenvalue weighted by atomic mass is 10.2. The van der Waals surface area contributed by atoms with Crippen molar-refractivity contribution in [2.24, 2.45) is 0 Å². The Morgan fingerprint density at radius 2 is 0.833 bits per heavy atom. The molecule has 0 bridgehead atoms. The van der Waals surface area contributed by atoms with Gasteiger partial charge in [0.2, 0.25) is 0 Å². The molecule has 0 saturated carbocycles. The van der Waals surface area contributed by atoms with E-state index in [1.165, 1.54) is 9.79 Å². The van der Waals surface area contributed by atoms with Gasteiger partial charge in [0, 0.05) is 9.79 Å². The molecule has 3 aromatic rings. The van der Waals surface area contributed by atoms with Crippen LogP contribution >= 0.6 is 23.5 Å². The number of para-hydroxylation sites is 4. The van der Waals surface area contributed by atoms with Gasteiger partial charge in [0.1, 0.15) is 0 Å². The first-order valence-electron chi connectivity index (χ1n) is 7.71. The van der Waals surface area contributed by atoms with Crippen molar-refractivity contribution < 1.29 is 0 Å². The molecule has 3 aromatic carbocycles. The van der Waals surface area contributed by atoms with Crippen LogP contribution in [0.4, 0.5) is 22.7 Å².